The Bertz CT molecular complexity index is 567. The van der Waals surface area contributed by atoms with Crippen LogP contribution in [0.4, 0.5) is 5.69 Å². The molecule has 1 aromatic carbocycles. The van der Waals surface area contributed by atoms with Crippen molar-refractivity contribution in [2.45, 2.75) is 136 Å². The van der Waals surface area contributed by atoms with Crippen molar-refractivity contribution in [2.75, 3.05) is 11.4 Å². The molecule has 0 fully saturated rings. The third-order valence-electron chi connectivity index (χ3n) is 7.01. The predicted molar refractivity (Wildman–Crippen MR) is 143 cm³/mol. The van der Waals surface area contributed by atoms with Gasteiger partial charge >= 0.3 is 0 Å². The maximum Gasteiger partial charge on any atom is 0.105 e. The summed E-state index contributed by atoms with van der Waals surface area (Å²) in [5.41, 5.74) is 1.33. The predicted octanol–water partition coefficient (Wildman–Crippen LogP) is 9.67. The first-order chi connectivity index (χ1) is 15.9. The Hall–Kier alpha value is -1.44. The molecule has 0 saturated carbocycles. The minimum Gasteiger partial charge on any atom is -0.356 e. The molecular formula is C30H52N2. The van der Waals surface area contributed by atoms with Gasteiger partial charge in [0.2, 0.25) is 0 Å². The zero-order chi connectivity index (χ0) is 22.7. The Balaban J connectivity index is 1.60. The van der Waals surface area contributed by atoms with Crippen LogP contribution in [0.1, 0.15) is 129 Å². The van der Waals surface area contributed by atoms with E-state index in [-0.39, 0.29) is 0 Å². The van der Waals surface area contributed by atoms with Gasteiger partial charge in [0.1, 0.15) is 6.17 Å². The Morgan fingerprint density at radius 3 is 1.62 bits per heavy atom. The molecule has 2 rings (SSSR count). The lowest BCUT2D eigenvalue weighted by atomic mass is 10.0. The fourth-order valence-electron chi connectivity index (χ4n) is 4.97. The van der Waals surface area contributed by atoms with Crippen molar-refractivity contribution in [1.29, 1.82) is 0 Å². The molecule has 0 amide bonds. The quantitative estimate of drug-likeness (QED) is 0.186. The van der Waals surface area contributed by atoms with Crippen LogP contribution >= 0.6 is 0 Å². The SMILES string of the molecule is CCCCCCCCCCCCCCCC1N(CCCCCC)C=CN1c1ccccc1. The lowest BCUT2D eigenvalue weighted by molar-refractivity contribution is 0.273. The number of benzene rings is 1. The highest BCUT2D eigenvalue weighted by atomic mass is 15.4. The summed E-state index contributed by atoms with van der Waals surface area (Å²) in [5, 5.41) is 0. The zero-order valence-electron chi connectivity index (χ0n) is 21.4. The van der Waals surface area contributed by atoms with Crippen LogP contribution < -0.4 is 4.90 Å². The van der Waals surface area contributed by atoms with Crippen LogP contribution in [0.5, 0.6) is 0 Å². The molecule has 1 aliphatic rings. The Morgan fingerprint density at radius 2 is 1.06 bits per heavy atom. The van der Waals surface area contributed by atoms with Gasteiger partial charge in [-0.25, -0.2) is 0 Å². The van der Waals surface area contributed by atoms with Gasteiger partial charge in [-0.2, -0.15) is 0 Å². The molecule has 2 heteroatoms. The van der Waals surface area contributed by atoms with Crippen molar-refractivity contribution in [3.05, 3.63) is 42.7 Å². The monoisotopic (exact) mass is 440 g/mol. The van der Waals surface area contributed by atoms with Crippen molar-refractivity contribution in [3.8, 4) is 0 Å². The van der Waals surface area contributed by atoms with Crippen molar-refractivity contribution in [1.82, 2.24) is 4.90 Å². The van der Waals surface area contributed by atoms with Crippen LogP contribution in [-0.2, 0) is 0 Å². The summed E-state index contributed by atoms with van der Waals surface area (Å²) in [6.45, 7) is 5.79. The molecule has 0 radical (unpaired) electrons. The van der Waals surface area contributed by atoms with E-state index in [1.807, 2.05) is 0 Å². The topological polar surface area (TPSA) is 6.48 Å². The second-order valence-electron chi connectivity index (χ2n) is 9.85. The molecule has 0 bridgehead atoms. The van der Waals surface area contributed by atoms with Crippen LogP contribution in [0.15, 0.2) is 42.7 Å². The Labute approximate surface area is 200 Å². The van der Waals surface area contributed by atoms with Crippen molar-refractivity contribution in [2.24, 2.45) is 0 Å². The molecule has 1 atom stereocenters. The molecule has 32 heavy (non-hydrogen) atoms. The highest BCUT2D eigenvalue weighted by molar-refractivity contribution is 5.51. The lowest BCUT2D eigenvalue weighted by Crippen LogP contribution is -2.39. The van der Waals surface area contributed by atoms with Crippen LogP contribution in [-0.4, -0.2) is 17.6 Å². The number of hydrogen-bond acceptors (Lipinski definition) is 2. The number of para-hydroxylation sites is 1. The van der Waals surface area contributed by atoms with E-state index in [1.54, 1.807) is 0 Å². The third kappa shape index (κ3) is 10.9. The normalized spacial score (nSPS) is 15.8. The number of rotatable bonds is 20. The molecule has 0 saturated heterocycles. The summed E-state index contributed by atoms with van der Waals surface area (Å²) in [5.74, 6) is 0. The van der Waals surface area contributed by atoms with Crippen LogP contribution in [0, 0.1) is 0 Å². The number of unbranched alkanes of at least 4 members (excludes halogenated alkanes) is 15. The van der Waals surface area contributed by atoms with Crippen LogP contribution in [0.3, 0.4) is 0 Å². The average molecular weight is 441 g/mol. The Kier molecular flexibility index (Phi) is 15.1. The highest BCUT2D eigenvalue weighted by Crippen LogP contribution is 2.28. The molecule has 182 valence electrons. The molecule has 1 aromatic rings. The maximum atomic E-state index is 2.60. The average Bonchev–Trinajstić information content (AvgIpc) is 3.23. The fraction of sp³-hybridized carbons (Fsp3) is 0.733. The summed E-state index contributed by atoms with van der Waals surface area (Å²) in [6.07, 6.45) is 30.3. The summed E-state index contributed by atoms with van der Waals surface area (Å²) in [4.78, 5) is 5.10. The van der Waals surface area contributed by atoms with E-state index in [0.29, 0.717) is 6.17 Å². The molecule has 0 N–H and O–H groups in total. The molecule has 0 aromatic heterocycles. The second kappa shape index (κ2) is 18.0. The molecule has 1 aliphatic heterocycles. The summed E-state index contributed by atoms with van der Waals surface area (Å²) < 4.78 is 0. The van der Waals surface area contributed by atoms with E-state index in [9.17, 15) is 0 Å². The molecule has 1 unspecified atom stereocenters. The van der Waals surface area contributed by atoms with Gasteiger partial charge in [-0.05, 0) is 31.4 Å². The van der Waals surface area contributed by atoms with Gasteiger partial charge in [0.15, 0.2) is 0 Å². The smallest absolute Gasteiger partial charge is 0.105 e. The van der Waals surface area contributed by atoms with E-state index < -0.39 is 0 Å². The minimum atomic E-state index is 0.506. The first-order valence-corrected chi connectivity index (χ1v) is 14.1. The van der Waals surface area contributed by atoms with E-state index in [1.165, 1.54) is 128 Å². The third-order valence-corrected chi connectivity index (χ3v) is 7.01. The van der Waals surface area contributed by atoms with Crippen molar-refractivity contribution >= 4 is 5.69 Å². The fourth-order valence-corrected chi connectivity index (χ4v) is 4.97. The second-order valence-corrected chi connectivity index (χ2v) is 9.85. The summed E-state index contributed by atoms with van der Waals surface area (Å²) in [6, 6.07) is 10.9. The molecule has 0 aliphatic carbocycles. The molecule has 1 heterocycles. The van der Waals surface area contributed by atoms with Crippen LogP contribution in [0.2, 0.25) is 0 Å². The van der Waals surface area contributed by atoms with Gasteiger partial charge in [0, 0.05) is 24.6 Å². The van der Waals surface area contributed by atoms with Crippen molar-refractivity contribution < 1.29 is 0 Å². The maximum absolute atomic E-state index is 2.60. The number of anilines is 1. The van der Waals surface area contributed by atoms with E-state index in [0.717, 1.165) is 0 Å². The van der Waals surface area contributed by atoms with Gasteiger partial charge in [-0.15, -0.1) is 0 Å². The Morgan fingerprint density at radius 1 is 0.562 bits per heavy atom. The first-order valence-electron chi connectivity index (χ1n) is 14.1. The summed E-state index contributed by atoms with van der Waals surface area (Å²) >= 11 is 0. The molecule has 0 spiro atoms. The molecule has 2 nitrogen and oxygen atoms in total. The van der Waals surface area contributed by atoms with Gasteiger partial charge < -0.3 is 9.80 Å². The zero-order valence-corrected chi connectivity index (χ0v) is 21.4. The number of hydrogen-bond donors (Lipinski definition) is 0. The first kappa shape index (κ1) is 26.8. The highest BCUT2D eigenvalue weighted by Gasteiger charge is 2.26. The van der Waals surface area contributed by atoms with Gasteiger partial charge in [0.25, 0.3) is 0 Å². The van der Waals surface area contributed by atoms with Gasteiger partial charge in [-0.1, -0.05) is 128 Å². The lowest BCUT2D eigenvalue weighted by Gasteiger charge is -2.33. The molecular weight excluding hydrogens is 388 g/mol. The number of nitrogens with zero attached hydrogens (tertiary/aromatic N) is 2. The van der Waals surface area contributed by atoms with Crippen molar-refractivity contribution in [3.63, 3.8) is 0 Å². The standard InChI is InChI=1S/C30H52N2/c1-3-5-7-9-10-11-12-13-14-15-16-17-21-25-30-31(26-22-8-6-4-2)27-28-32(30)29-23-19-18-20-24-29/h18-20,23-24,27-28,30H,3-17,21-22,25-26H2,1-2H3. The van der Waals surface area contributed by atoms with E-state index in [2.05, 4.69) is 66.4 Å². The summed E-state index contributed by atoms with van der Waals surface area (Å²) in [7, 11) is 0. The van der Waals surface area contributed by atoms with E-state index in [4.69, 9.17) is 0 Å². The van der Waals surface area contributed by atoms with E-state index >= 15 is 0 Å². The largest absolute Gasteiger partial charge is 0.356 e. The van der Waals surface area contributed by atoms with Gasteiger partial charge in [-0.3, -0.25) is 0 Å². The van der Waals surface area contributed by atoms with Gasteiger partial charge in [0.05, 0.1) is 0 Å². The minimum absolute atomic E-state index is 0.506. The van der Waals surface area contributed by atoms with Crippen LogP contribution in [0.25, 0.3) is 0 Å².